The lowest BCUT2D eigenvalue weighted by molar-refractivity contribution is -0.132. The summed E-state index contributed by atoms with van der Waals surface area (Å²) in [6, 6.07) is 0. The van der Waals surface area contributed by atoms with Crippen molar-refractivity contribution in [1.82, 2.24) is 4.90 Å². The summed E-state index contributed by atoms with van der Waals surface area (Å²) in [6.45, 7) is 6.94. The highest BCUT2D eigenvalue weighted by Crippen LogP contribution is 2.07. The van der Waals surface area contributed by atoms with E-state index in [2.05, 4.69) is 6.58 Å². The Balaban J connectivity index is 3.92. The number of aliphatic hydroxyl groups excluding tert-OH is 2. The zero-order valence-electron chi connectivity index (χ0n) is 9.18. The third-order valence-corrected chi connectivity index (χ3v) is 2.16. The maximum Gasteiger partial charge on any atom is 0.330 e. The Hall–Kier alpha value is -0.910. The first kappa shape index (κ1) is 14.1. The van der Waals surface area contributed by atoms with E-state index in [1.807, 2.05) is 0 Å². The van der Waals surface area contributed by atoms with Crippen molar-refractivity contribution in [3.63, 3.8) is 0 Å². The SMILES string of the molecule is C=C(CCCN(C(C)O)C(C)O)C(=O)O. The molecule has 15 heavy (non-hydrogen) atoms. The normalized spacial score (nSPS) is 15.0. The second-order valence-electron chi connectivity index (χ2n) is 3.51. The molecular formula is C10H19NO4. The zero-order valence-corrected chi connectivity index (χ0v) is 9.18. The van der Waals surface area contributed by atoms with Crippen LogP contribution in [0.5, 0.6) is 0 Å². The molecule has 5 nitrogen and oxygen atoms in total. The first-order valence-corrected chi connectivity index (χ1v) is 4.89. The maximum atomic E-state index is 10.4. The van der Waals surface area contributed by atoms with Crippen LogP contribution >= 0.6 is 0 Å². The van der Waals surface area contributed by atoms with Gasteiger partial charge in [-0.2, -0.15) is 0 Å². The summed E-state index contributed by atoms with van der Waals surface area (Å²) >= 11 is 0. The topological polar surface area (TPSA) is 81.0 Å². The predicted molar refractivity (Wildman–Crippen MR) is 56.1 cm³/mol. The minimum Gasteiger partial charge on any atom is -0.478 e. The van der Waals surface area contributed by atoms with E-state index in [0.29, 0.717) is 19.4 Å². The smallest absolute Gasteiger partial charge is 0.330 e. The van der Waals surface area contributed by atoms with Crippen LogP contribution in [-0.4, -0.2) is 45.2 Å². The van der Waals surface area contributed by atoms with E-state index in [1.165, 1.54) is 4.90 Å². The molecule has 0 fully saturated rings. The Morgan fingerprint density at radius 2 is 1.80 bits per heavy atom. The number of nitrogens with zero attached hydrogens (tertiary/aromatic N) is 1. The number of aliphatic carboxylic acids is 1. The number of carboxylic acids is 1. The van der Waals surface area contributed by atoms with Gasteiger partial charge in [-0.25, -0.2) is 4.79 Å². The largest absolute Gasteiger partial charge is 0.478 e. The third-order valence-electron chi connectivity index (χ3n) is 2.16. The Kier molecular flexibility index (Phi) is 6.15. The number of aliphatic hydroxyl groups is 2. The van der Waals surface area contributed by atoms with E-state index in [0.717, 1.165) is 0 Å². The van der Waals surface area contributed by atoms with Crippen molar-refractivity contribution in [3.05, 3.63) is 12.2 Å². The molecule has 0 spiro atoms. The van der Waals surface area contributed by atoms with E-state index in [1.54, 1.807) is 13.8 Å². The molecule has 0 radical (unpaired) electrons. The lowest BCUT2D eigenvalue weighted by Crippen LogP contribution is -2.40. The molecule has 0 amide bonds. The highest BCUT2D eigenvalue weighted by Gasteiger charge is 2.15. The average Bonchev–Trinajstić information content (AvgIpc) is 2.10. The summed E-state index contributed by atoms with van der Waals surface area (Å²) in [5.41, 5.74) is 0.145. The van der Waals surface area contributed by atoms with Crippen LogP contribution in [0.1, 0.15) is 26.7 Å². The molecule has 88 valence electrons. The van der Waals surface area contributed by atoms with Crippen molar-refractivity contribution in [3.8, 4) is 0 Å². The van der Waals surface area contributed by atoms with Gasteiger partial charge in [-0.3, -0.25) is 4.90 Å². The number of rotatable bonds is 7. The maximum absolute atomic E-state index is 10.4. The third kappa shape index (κ3) is 5.51. The summed E-state index contributed by atoms with van der Waals surface area (Å²) in [7, 11) is 0. The predicted octanol–water partition coefficient (Wildman–Crippen LogP) is 0.386. The lowest BCUT2D eigenvalue weighted by Gasteiger charge is -2.27. The molecule has 2 atom stereocenters. The molecule has 0 aliphatic carbocycles. The molecule has 0 heterocycles. The summed E-state index contributed by atoms with van der Waals surface area (Å²) in [5, 5.41) is 27.1. The molecule has 0 rings (SSSR count). The number of carbonyl (C=O) groups is 1. The summed E-state index contributed by atoms with van der Waals surface area (Å²) in [6.07, 6.45) is -0.599. The van der Waals surface area contributed by atoms with Crippen LogP contribution in [0, 0.1) is 0 Å². The van der Waals surface area contributed by atoms with Crippen molar-refractivity contribution < 1.29 is 20.1 Å². The fraction of sp³-hybridized carbons (Fsp3) is 0.700. The van der Waals surface area contributed by atoms with Crippen LogP contribution in [0.3, 0.4) is 0 Å². The zero-order chi connectivity index (χ0) is 12.0. The Morgan fingerprint density at radius 1 is 1.33 bits per heavy atom. The van der Waals surface area contributed by atoms with Gasteiger partial charge in [0.25, 0.3) is 0 Å². The van der Waals surface area contributed by atoms with E-state index in [4.69, 9.17) is 5.11 Å². The second kappa shape index (κ2) is 6.55. The van der Waals surface area contributed by atoms with Crippen LogP contribution < -0.4 is 0 Å². The Labute approximate surface area is 89.6 Å². The van der Waals surface area contributed by atoms with E-state index in [9.17, 15) is 15.0 Å². The van der Waals surface area contributed by atoms with Gasteiger partial charge in [-0.05, 0) is 26.7 Å². The number of hydrogen-bond acceptors (Lipinski definition) is 4. The number of hydrogen-bond donors (Lipinski definition) is 3. The van der Waals surface area contributed by atoms with Gasteiger partial charge in [-0.1, -0.05) is 6.58 Å². The first-order chi connectivity index (χ1) is 6.86. The molecule has 0 aromatic heterocycles. The van der Waals surface area contributed by atoms with Crippen LogP contribution in [0.25, 0.3) is 0 Å². The fourth-order valence-corrected chi connectivity index (χ4v) is 1.27. The average molecular weight is 217 g/mol. The molecule has 3 N–H and O–H groups in total. The van der Waals surface area contributed by atoms with Crippen LogP contribution in [-0.2, 0) is 4.79 Å². The highest BCUT2D eigenvalue weighted by atomic mass is 16.4. The Morgan fingerprint density at radius 3 is 2.13 bits per heavy atom. The van der Waals surface area contributed by atoms with E-state index < -0.39 is 18.4 Å². The van der Waals surface area contributed by atoms with Crippen molar-refractivity contribution >= 4 is 5.97 Å². The van der Waals surface area contributed by atoms with Crippen LogP contribution in [0.2, 0.25) is 0 Å². The Bertz CT molecular complexity index is 217. The molecule has 0 saturated heterocycles. The molecule has 0 aliphatic rings. The van der Waals surface area contributed by atoms with Gasteiger partial charge in [0.2, 0.25) is 0 Å². The van der Waals surface area contributed by atoms with E-state index >= 15 is 0 Å². The molecule has 0 aromatic carbocycles. The molecule has 0 aliphatic heterocycles. The molecule has 2 unspecified atom stereocenters. The van der Waals surface area contributed by atoms with Gasteiger partial charge >= 0.3 is 5.97 Å². The molecular weight excluding hydrogens is 198 g/mol. The van der Waals surface area contributed by atoms with Crippen LogP contribution in [0.15, 0.2) is 12.2 Å². The van der Waals surface area contributed by atoms with Crippen molar-refractivity contribution in [2.75, 3.05) is 6.54 Å². The standard InChI is InChI=1S/C10H19NO4/c1-7(10(14)15)5-4-6-11(8(2)12)9(3)13/h8-9,12-13H,1,4-6H2,2-3H3,(H,14,15). The van der Waals surface area contributed by atoms with Gasteiger partial charge in [0, 0.05) is 12.1 Å². The van der Waals surface area contributed by atoms with Crippen LogP contribution in [0.4, 0.5) is 0 Å². The van der Waals surface area contributed by atoms with Crippen molar-refractivity contribution in [1.29, 1.82) is 0 Å². The van der Waals surface area contributed by atoms with Gasteiger partial charge in [0.1, 0.15) is 12.5 Å². The van der Waals surface area contributed by atoms with E-state index in [-0.39, 0.29) is 5.57 Å². The lowest BCUT2D eigenvalue weighted by atomic mass is 10.1. The summed E-state index contributed by atoms with van der Waals surface area (Å²) in [5.74, 6) is -1.00. The molecule has 0 saturated carbocycles. The van der Waals surface area contributed by atoms with Gasteiger partial charge in [0.05, 0.1) is 0 Å². The summed E-state index contributed by atoms with van der Waals surface area (Å²) in [4.78, 5) is 11.9. The summed E-state index contributed by atoms with van der Waals surface area (Å²) < 4.78 is 0. The molecule has 0 aromatic rings. The quantitative estimate of drug-likeness (QED) is 0.424. The first-order valence-electron chi connectivity index (χ1n) is 4.89. The van der Waals surface area contributed by atoms with Crippen molar-refractivity contribution in [2.24, 2.45) is 0 Å². The minimum absolute atomic E-state index is 0.145. The van der Waals surface area contributed by atoms with Gasteiger partial charge < -0.3 is 15.3 Å². The highest BCUT2D eigenvalue weighted by molar-refractivity contribution is 5.85. The number of carboxylic acid groups (broad SMARTS) is 1. The van der Waals surface area contributed by atoms with Gasteiger partial charge in [-0.15, -0.1) is 0 Å². The minimum atomic E-state index is -1.00. The second-order valence-corrected chi connectivity index (χ2v) is 3.51. The monoisotopic (exact) mass is 217 g/mol. The fourth-order valence-electron chi connectivity index (χ4n) is 1.27. The molecule has 0 bridgehead atoms. The molecule has 5 heteroatoms. The van der Waals surface area contributed by atoms with Crippen molar-refractivity contribution in [2.45, 2.75) is 39.1 Å². The van der Waals surface area contributed by atoms with Gasteiger partial charge in [0.15, 0.2) is 0 Å².